The van der Waals surface area contributed by atoms with Gasteiger partial charge in [-0.2, -0.15) is 13.2 Å². The molecule has 0 aliphatic carbocycles. The van der Waals surface area contributed by atoms with Crippen LogP contribution in [0.4, 0.5) is 24.7 Å². The van der Waals surface area contributed by atoms with Crippen molar-refractivity contribution in [3.05, 3.63) is 53.8 Å². The summed E-state index contributed by atoms with van der Waals surface area (Å²) in [4.78, 5) is 27.5. The van der Waals surface area contributed by atoms with Gasteiger partial charge in [0, 0.05) is 11.8 Å². The van der Waals surface area contributed by atoms with Crippen LogP contribution in [-0.2, 0) is 20.5 Å². The molecule has 4 atom stereocenters. The first kappa shape index (κ1) is 18.9. The number of carbonyl (C=O) groups is 2. The zero-order chi connectivity index (χ0) is 21.3. The number of amides is 2. The number of halogens is 3. The number of aromatic nitrogens is 1. The highest BCUT2D eigenvalue weighted by molar-refractivity contribution is 6.05. The lowest BCUT2D eigenvalue weighted by atomic mass is 9.77. The van der Waals surface area contributed by atoms with Crippen LogP contribution in [0.25, 0.3) is 0 Å². The third-order valence-electron chi connectivity index (χ3n) is 5.77. The van der Waals surface area contributed by atoms with Crippen molar-refractivity contribution in [1.82, 2.24) is 5.16 Å². The lowest BCUT2D eigenvalue weighted by Gasteiger charge is -2.23. The SMILES string of the molecule is Cc1cc(N2C[C@]34C=CC(O3)C(C(=O)Nc3ccc(C(F)(F)F)cc3)C4C2=O)no1. The third-order valence-corrected chi connectivity index (χ3v) is 5.77. The molecule has 3 aliphatic heterocycles. The lowest BCUT2D eigenvalue weighted by molar-refractivity contribution is -0.137. The van der Waals surface area contributed by atoms with Crippen LogP contribution in [0.1, 0.15) is 11.3 Å². The molecule has 7 nitrogen and oxygen atoms in total. The first-order valence-corrected chi connectivity index (χ1v) is 9.28. The molecule has 1 N–H and O–H groups in total. The van der Waals surface area contributed by atoms with E-state index in [0.29, 0.717) is 11.6 Å². The molecular weight excluding hydrogens is 403 g/mol. The van der Waals surface area contributed by atoms with Crippen LogP contribution in [0.3, 0.4) is 0 Å². The van der Waals surface area contributed by atoms with E-state index >= 15 is 0 Å². The number of hydrogen-bond acceptors (Lipinski definition) is 5. The molecular formula is C20H16F3N3O4. The van der Waals surface area contributed by atoms with E-state index < -0.39 is 41.2 Å². The molecule has 1 spiro atoms. The van der Waals surface area contributed by atoms with E-state index in [9.17, 15) is 22.8 Å². The first-order valence-electron chi connectivity index (χ1n) is 9.28. The molecule has 2 amide bonds. The van der Waals surface area contributed by atoms with Gasteiger partial charge in [-0.05, 0) is 31.2 Å². The Kier molecular flexibility index (Phi) is 3.88. The minimum atomic E-state index is -4.46. The number of anilines is 2. The summed E-state index contributed by atoms with van der Waals surface area (Å²) in [5.41, 5.74) is -1.53. The van der Waals surface area contributed by atoms with Crippen molar-refractivity contribution in [3.63, 3.8) is 0 Å². The Morgan fingerprint density at radius 3 is 2.67 bits per heavy atom. The largest absolute Gasteiger partial charge is 0.416 e. The Hall–Kier alpha value is -3.14. The van der Waals surface area contributed by atoms with Crippen LogP contribution >= 0.6 is 0 Å². The van der Waals surface area contributed by atoms with Crippen molar-refractivity contribution in [3.8, 4) is 0 Å². The number of aryl methyl sites for hydroxylation is 1. The van der Waals surface area contributed by atoms with Gasteiger partial charge in [-0.3, -0.25) is 14.5 Å². The standard InChI is InChI=1S/C20H16F3N3O4/c1-10-8-14(25-30-10)26-9-19-7-6-13(29-19)15(16(19)18(26)28)17(27)24-12-4-2-11(3-5-12)20(21,22)23/h2-8,13,15-16H,9H2,1H3,(H,24,27)/t13?,15?,16?,19-/m0/s1. The van der Waals surface area contributed by atoms with Crippen molar-refractivity contribution in [2.24, 2.45) is 11.8 Å². The molecule has 30 heavy (non-hydrogen) atoms. The minimum Gasteiger partial charge on any atom is -0.360 e. The number of nitrogens with zero attached hydrogens (tertiary/aromatic N) is 2. The Morgan fingerprint density at radius 2 is 2.03 bits per heavy atom. The zero-order valence-corrected chi connectivity index (χ0v) is 15.6. The third kappa shape index (κ3) is 2.74. The van der Waals surface area contributed by atoms with Crippen LogP contribution in [-0.4, -0.2) is 35.2 Å². The maximum absolute atomic E-state index is 13.1. The lowest BCUT2D eigenvalue weighted by Crippen LogP contribution is -2.41. The Bertz CT molecular complexity index is 1060. The Labute approximate surface area is 168 Å². The number of nitrogens with one attached hydrogen (secondary N) is 1. The predicted octanol–water partition coefficient (Wildman–Crippen LogP) is 2.93. The quantitative estimate of drug-likeness (QED) is 0.774. The molecule has 1 aromatic carbocycles. The summed E-state index contributed by atoms with van der Waals surface area (Å²) in [7, 11) is 0. The van der Waals surface area contributed by atoms with Gasteiger partial charge in [0.05, 0.1) is 30.0 Å². The summed E-state index contributed by atoms with van der Waals surface area (Å²) in [5.74, 6) is -1.44. The van der Waals surface area contributed by atoms with Crippen molar-refractivity contribution >= 4 is 23.3 Å². The topological polar surface area (TPSA) is 84.7 Å². The average molecular weight is 419 g/mol. The van der Waals surface area contributed by atoms with Gasteiger partial charge in [0.2, 0.25) is 11.8 Å². The highest BCUT2D eigenvalue weighted by atomic mass is 19.4. The summed E-state index contributed by atoms with van der Waals surface area (Å²) in [5, 5.41) is 6.49. The molecule has 2 fully saturated rings. The van der Waals surface area contributed by atoms with E-state index in [1.54, 1.807) is 25.1 Å². The first-order chi connectivity index (χ1) is 14.2. The summed E-state index contributed by atoms with van der Waals surface area (Å²) in [6, 6.07) is 5.78. The molecule has 1 aromatic heterocycles. The molecule has 2 bridgehead atoms. The van der Waals surface area contributed by atoms with Crippen LogP contribution in [0.2, 0.25) is 0 Å². The second-order valence-electron chi connectivity index (χ2n) is 7.68. The predicted molar refractivity (Wildman–Crippen MR) is 97.4 cm³/mol. The maximum atomic E-state index is 13.1. The molecule has 3 unspecified atom stereocenters. The van der Waals surface area contributed by atoms with Crippen molar-refractivity contribution in [2.45, 2.75) is 24.8 Å². The molecule has 0 radical (unpaired) electrons. The van der Waals surface area contributed by atoms with Crippen molar-refractivity contribution in [1.29, 1.82) is 0 Å². The summed E-state index contributed by atoms with van der Waals surface area (Å²) in [6.45, 7) is 1.91. The molecule has 2 saturated heterocycles. The zero-order valence-electron chi connectivity index (χ0n) is 15.6. The molecule has 2 aromatic rings. The minimum absolute atomic E-state index is 0.208. The second kappa shape index (κ2) is 6.18. The number of rotatable bonds is 3. The van der Waals surface area contributed by atoms with E-state index in [4.69, 9.17) is 9.26 Å². The van der Waals surface area contributed by atoms with Crippen LogP contribution in [0.15, 0.2) is 47.0 Å². The molecule has 0 saturated carbocycles. The highest BCUT2D eigenvalue weighted by Gasteiger charge is 2.67. The van der Waals surface area contributed by atoms with Gasteiger partial charge in [-0.15, -0.1) is 0 Å². The van der Waals surface area contributed by atoms with Gasteiger partial charge in [0.15, 0.2) is 5.82 Å². The average Bonchev–Trinajstić information content (AvgIpc) is 3.42. The monoisotopic (exact) mass is 419 g/mol. The number of fused-ring (bicyclic) bond motifs is 1. The summed E-state index contributed by atoms with van der Waals surface area (Å²) < 4.78 is 49.3. The van der Waals surface area contributed by atoms with Gasteiger partial charge in [-0.1, -0.05) is 17.3 Å². The Morgan fingerprint density at radius 1 is 1.30 bits per heavy atom. The number of hydrogen-bond donors (Lipinski definition) is 1. The fraction of sp³-hybridized carbons (Fsp3) is 0.350. The summed E-state index contributed by atoms with van der Waals surface area (Å²) in [6.07, 6.45) is -1.49. The van der Waals surface area contributed by atoms with Crippen molar-refractivity contribution in [2.75, 3.05) is 16.8 Å². The van der Waals surface area contributed by atoms with Gasteiger partial charge >= 0.3 is 6.18 Å². The van der Waals surface area contributed by atoms with E-state index in [1.807, 2.05) is 0 Å². The second-order valence-corrected chi connectivity index (χ2v) is 7.68. The van der Waals surface area contributed by atoms with E-state index in [0.717, 1.165) is 12.1 Å². The normalized spacial score (nSPS) is 29.5. The van der Waals surface area contributed by atoms with Gasteiger partial charge in [-0.25, -0.2) is 0 Å². The van der Waals surface area contributed by atoms with E-state index in [-0.39, 0.29) is 18.1 Å². The van der Waals surface area contributed by atoms with Crippen molar-refractivity contribution < 1.29 is 32.0 Å². The molecule has 156 valence electrons. The Balaban J connectivity index is 1.38. The molecule has 4 heterocycles. The van der Waals surface area contributed by atoms with Gasteiger partial charge < -0.3 is 14.6 Å². The fourth-order valence-electron chi connectivity index (χ4n) is 4.44. The molecule has 5 rings (SSSR count). The molecule has 3 aliphatic rings. The van der Waals surface area contributed by atoms with Gasteiger partial charge in [0.25, 0.3) is 0 Å². The summed E-state index contributed by atoms with van der Waals surface area (Å²) >= 11 is 0. The van der Waals surface area contributed by atoms with Gasteiger partial charge in [0.1, 0.15) is 11.4 Å². The number of alkyl halides is 3. The maximum Gasteiger partial charge on any atom is 0.416 e. The fourth-order valence-corrected chi connectivity index (χ4v) is 4.44. The number of carbonyl (C=O) groups excluding carboxylic acids is 2. The highest BCUT2D eigenvalue weighted by Crippen LogP contribution is 2.52. The number of benzene rings is 1. The van der Waals surface area contributed by atoms with Crippen LogP contribution in [0, 0.1) is 18.8 Å². The van der Waals surface area contributed by atoms with E-state index in [2.05, 4.69) is 10.5 Å². The number of ether oxygens (including phenoxy) is 1. The van der Waals surface area contributed by atoms with Crippen LogP contribution < -0.4 is 10.2 Å². The van der Waals surface area contributed by atoms with E-state index in [1.165, 1.54) is 17.0 Å². The molecule has 10 heteroatoms. The van der Waals surface area contributed by atoms with Crippen LogP contribution in [0.5, 0.6) is 0 Å². The smallest absolute Gasteiger partial charge is 0.360 e.